The van der Waals surface area contributed by atoms with Crippen molar-refractivity contribution in [2.75, 3.05) is 13.2 Å². The lowest BCUT2D eigenvalue weighted by atomic mass is 10.1. The summed E-state index contributed by atoms with van der Waals surface area (Å²) in [6.45, 7) is 1.27. The fraction of sp³-hybridized carbons (Fsp3) is 0.368. The van der Waals surface area contributed by atoms with E-state index in [2.05, 4.69) is 0 Å². The van der Waals surface area contributed by atoms with Crippen molar-refractivity contribution in [2.24, 2.45) is 0 Å². The molecule has 1 saturated heterocycles. The van der Waals surface area contributed by atoms with Gasteiger partial charge in [0.15, 0.2) is 6.17 Å². The van der Waals surface area contributed by atoms with Crippen molar-refractivity contribution >= 4 is 0 Å². The minimum atomic E-state index is -1.11. The zero-order valence-electron chi connectivity index (χ0n) is 12.9. The molecule has 0 aromatic heterocycles. The molecule has 0 radical (unpaired) electrons. The molecule has 1 fully saturated rings. The number of ether oxygens (including phenoxy) is 3. The van der Waals surface area contributed by atoms with Gasteiger partial charge >= 0.3 is 0 Å². The molecule has 0 spiro atoms. The van der Waals surface area contributed by atoms with Gasteiger partial charge in [-0.3, -0.25) is 0 Å². The molecule has 122 valence electrons. The standard InChI is InChI=1S/C19H21FO3/c20-17-13-22-18(14-21-11-15-7-3-1-4-8-15)19(17)23-12-16-9-5-2-6-10-16/h1-10,17-19H,11-14H2/t17-,18+,19-/m0/s1. The molecule has 2 aromatic rings. The lowest BCUT2D eigenvalue weighted by Gasteiger charge is -2.20. The Kier molecular flexibility index (Phi) is 5.75. The Morgan fingerprint density at radius 3 is 2.17 bits per heavy atom. The Balaban J connectivity index is 1.48. The van der Waals surface area contributed by atoms with Gasteiger partial charge in [0.1, 0.15) is 12.2 Å². The number of benzene rings is 2. The van der Waals surface area contributed by atoms with Crippen molar-refractivity contribution in [2.45, 2.75) is 31.6 Å². The van der Waals surface area contributed by atoms with E-state index in [9.17, 15) is 4.39 Å². The minimum absolute atomic E-state index is 0.0683. The highest BCUT2D eigenvalue weighted by atomic mass is 19.1. The molecule has 1 heterocycles. The summed E-state index contributed by atoms with van der Waals surface area (Å²) in [6, 6.07) is 19.6. The van der Waals surface area contributed by atoms with Crippen LogP contribution in [0.3, 0.4) is 0 Å². The Hall–Kier alpha value is -1.75. The topological polar surface area (TPSA) is 27.7 Å². The molecule has 0 unspecified atom stereocenters. The van der Waals surface area contributed by atoms with E-state index in [0.717, 1.165) is 11.1 Å². The predicted molar refractivity (Wildman–Crippen MR) is 85.8 cm³/mol. The summed E-state index contributed by atoms with van der Waals surface area (Å²) in [5.74, 6) is 0. The molecule has 3 rings (SSSR count). The van der Waals surface area contributed by atoms with Gasteiger partial charge in [0.2, 0.25) is 0 Å². The lowest BCUT2D eigenvalue weighted by Crippen LogP contribution is -2.34. The molecule has 0 bridgehead atoms. The van der Waals surface area contributed by atoms with E-state index in [-0.39, 0.29) is 12.7 Å². The van der Waals surface area contributed by atoms with E-state index in [1.807, 2.05) is 60.7 Å². The van der Waals surface area contributed by atoms with E-state index in [1.54, 1.807) is 0 Å². The highest BCUT2D eigenvalue weighted by Gasteiger charge is 2.38. The highest BCUT2D eigenvalue weighted by Crippen LogP contribution is 2.22. The van der Waals surface area contributed by atoms with Crippen molar-refractivity contribution < 1.29 is 18.6 Å². The molecular formula is C19H21FO3. The molecule has 0 N–H and O–H groups in total. The zero-order chi connectivity index (χ0) is 15.9. The van der Waals surface area contributed by atoms with E-state index in [4.69, 9.17) is 14.2 Å². The summed E-state index contributed by atoms with van der Waals surface area (Å²) in [7, 11) is 0. The predicted octanol–water partition coefficient (Wildman–Crippen LogP) is 3.53. The minimum Gasteiger partial charge on any atom is -0.374 e. The number of halogens is 1. The first-order valence-electron chi connectivity index (χ1n) is 7.86. The third-order valence-corrected chi connectivity index (χ3v) is 3.87. The Morgan fingerprint density at radius 2 is 1.52 bits per heavy atom. The quantitative estimate of drug-likeness (QED) is 0.782. The summed E-state index contributed by atoms with van der Waals surface area (Å²) < 4.78 is 30.9. The summed E-state index contributed by atoms with van der Waals surface area (Å²) in [6.07, 6.45) is -2.05. The van der Waals surface area contributed by atoms with Gasteiger partial charge in [-0.15, -0.1) is 0 Å². The molecule has 1 aliphatic rings. The maximum absolute atomic E-state index is 14.0. The SMILES string of the molecule is F[C@H]1CO[C@H](COCc2ccccc2)[C@H]1OCc1ccccc1. The van der Waals surface area contributed by atoms with Crippen LogP contribution in [0.2, 0.25) is 0 Å². The molecule has 4 heteroatoms. The smallest absolute Gasteiger partial charge is 0.152 e. The van der Waals surface area contributed by atoms with E-state index in [1.165, 1.54) is 0 Å². The molecule has 0 aliphatic carbocycles. The lowest BCUT2D eigenvalue weighted by molar-refractivity contribution is -0.0667. The van der Waals surface area contributed by atoms with Crippen molar-refractivity contribution in [3.63, 3.8) is 0 Å². The fourth-order valence-corrected chi connectivity index (χ4v) is 2.63. The molecule has 3 nitrogen and oxygen atoms in total. The van der Waals surface area contributed by atoms with Gasteiger partial charge in [0.25, 0.3) is 0 Å². The van der Waals surface area contributed by atoms with Gasteiger partial charge in [-0.2, -0.15) is 0 Å². The fourth-order valence-electron chi connectivity index (χ4n) is 2.63. The summed E-state index contributed by atoms with van der Waals surface area (Å²) >= 11 is 0. The number of alkyl halides is 1. The average Bonchev–Trinajstić information content (AvgIpc) is 2.95. The first kappa shape index (κ1) is 16.1. The van der Waals surface area contributed by atoms with Gasteiger partial charge in [0.05, 0.1) is 26.4 Å². The maximum atomic E-state index is 14.0. The van der Waals surface area contributed by atoms with Crippen LogP contribution in [0.15, 0.2) is 60.7 Å². The van der Waals surface area contributed by atoms with E-state index >= 15 is 0 Å². The van der Waals surface area contributed by atoms with Gasteiger partial charge in [0, 0.05) is 0 Å². The number of hydrogen-bond donors (Lipinski definition) is 0. The van der Waals surface area contributed by atoms with Crippen molar-refractivity contribution in [3.05, 3.63) is 71.8 Å². The van der Waals surface area contributed by atoms with Crippen LogP contribution in [0.1, 0.15) is 11.1 Å². The second-order valence-electron chi connectivity index (χ2n) is 5.65. The average molecular weight is 316 g/mol. The maximum Gasteiger partial charge on any atom is 0.152 e. The largest absolute Gasteiger partial charge is 0.374 e. The molecule has 23 heavy (non-hydrogen) atoms. The number of rotatable bonds is 7. The van der Waals surface area contributed by atoms with Crippen LogP contribution in [-0.2, 0) is 27.4 Å². The van der Waals surface area contributed by atoms with Crippen molar-refractivity contribution in [1.29, 1.82) is 0 Å². The van der Waals surface area contributed by atoms with E-state index < -0.39 is 12.3 Å². The van der Waals surface area contributed by atoms with Crippen molar-refractivity contribution in [3.8, 4) is 0 Å². The monoisotopic (exact) mass is 316 g/mol. The van der Waals surface area contributed by atoms with Crippen LogP contribution in [0, 0.1) is 0 Å². The van der Waals surface area contributed by atoms with Crippen molar-refractivity contribution in [1.82, 2.24) is 0 Å². The van der Waals surface area contributed by atoms with Gasteiger partial charge in [-0.25, -0.2) is 4.39 Å². The number of hydrogen-bond acceptors (Lipinski definition) is 3. The van der Waals surface area contributed by atoms with Gasteiger partial charge in [-0.1, -0.05) is 60.7 Å². The van der Waals surface area contributed by atoms with Crippen LogP contribution in [-0.4, -0.2) is 31.6 Å². The Morgan fingerprint density at radius 1 is 0.913 bits per heavy atom. The summed E-state index contributed by atoms with van der Waals surface area (Å²) in [5.41, 5.74) is 2.11. The molecule has 3 atom stereocenters. The molecule has 0 saturated carbocycles. The second kappa shape index (κ2) is 8.20. The van der Waals surface area contributed by atoms with E-state index in [0.29, 0.717) is 19.8 Å². The Labute approximate surface area is 136 Å². The summed E-state index contributed by atoms with van der Waals surface area (Å²) in [5, 5.41) is 0. The van der Waals surface area contributed by atoms with Crippen LogP contribution < -0.4 is 0 Å². The second-order valence-corrected chi connectivity index (χ2v) is 5.65. The van der Waals surface area contributed by atoms with Crippen LogP contribution in [0.25, 0.3) is 0 Å². The van der Waals surface area contributed by atoms with Gasteiger partial charge in [-0.05, 0) is 11.1 Å². The molecule has 0 amide bonds. The molecule has 2 aromatic carbocycles. The highest BCUT2D eigenvalue weighted by molar-refractivity contribution is 5.14. The van der Waals surface area contributed by atoms with Crippen LogP contribution >= 0.6 is 0 Å². The molecule has 1 aliphatic heterocycles. The first-order chi connectivity index (χ1) is 11.3. The Bertz CT molecular complexity index is 576. The van der Waals surface area contributed by atoms with Crippen LogP contribution in [0.4, 0.5) is 4.39 Å². The van der Waals surface area contributed by atoms with Crippen LogP contribution in [0.5, 0.6) is 0 Å². The zero-order valence-corrected chi connectivity index (χ0v) is 12.9. The van der Waals surface area contributed by atoms with Gasteiger partial charge < -0.3 is 14.2 Å². The third-order valence-electron chi connectivity index (χ3n) is 3.87. The summed E-state index contributed by atoms with van der Waals surface area (Å²) in [4.78, 5) is 0. The normalized spacial score (nSPS) is 24.0. The first-order valence-corrected chi connectivity index (χ1v) is 7.86. The molecular weight excluding hydrogens is 295 g/mol. The third kappa shape index (κ3) is 4.61.